The van der Waals surface area contributed by atoms with Gasteiger partial charge in [0.25, 0.3) is 0 Å². The number of carbonyl (C=O) groups excluding carboxylic acids is 1. The van der Waals surface area contributed by atoms with Crippen LogP contribution in [0.1, 0.15) is 29.1 Å². The minimum atomic E-state index is -2.16. The number of benzene rings is 2. The van der Waals surface area contributed by atoms with Crippen LogP contribution in [0.15, 0.2) is 36.4 Å². The van der Waals surface area contributed by atoms with E-state index in [2.05, 4.69) is 4.74 Å². The highest BCUT2D eigenvalue weighted by atomic mass is 19.2. The highest BCUT2D eigenvalue weighted by Crippen LogP contribution is 2.36. The molecular weight excluding hydrogens is 335 g/mol. The predicted octanol–water partition coefficient (Wildman–Crippen LogP) is 4.44. The molecule has 0 N–H and O–H groups in total. The normalized spacial score (nSPS) is 18.2. The molecule has 1 aliphatic heterocycles. The standard InChI is InChI=1S/C18H16F3NO3/c1-10-3-5-11(6-4-10)14-9-22(18(23)25-14)17(21)12-7-8-13(24-2)16(20)15(12)19/h3-8,14,17H,9H2,1-2H3. The highest BCUT2D eigenvalue weighted by Gasteiger charge is 2.39. The fourth-order valence-corrected chi connectivity index (χ4v) is 2.68. The second-order valence-electron chi connectivity index (χ2n) is 5.76. The van der Waals surface area contributed by atoms with Crippen molar-refractivity contribution in [2.24, 2.45) is 0 Å². The van der Waals surface area contributed by atoms with Gasteiger partial charge in [0.1, 0.15) is 6.10 Å². The molecule has 0 bridgehead atoms. The lowest BCUT2D eigenvalue weighted by Gasteiger charge is -2.19. The van der Waals surface area contributed by atoms with Crippen molar-refractivity contribution in [2.45, 2.75) is 19.3 Å². The average molecular weight is 351 g/mol. The van der Waals surface area contributed by atoms with Crippen molar-refractivity contribution in [3.63, 3.8) is 0 Å². The van der Waals surface area contributed by atoms with Gasteiger partial charge in [0.05, 0.1) is 13.7 Å². The summed E-state index contributed by atoms with van der Waals surface area (Å²) in [5, 5.41) is 0. The molecule has 0 spiro atoms. The number of ether oxygens (including phenoxy) is 2. The maximum atomic E-state index is 14.7. The first-order chi connectivity index (χ1) is 11.9. The third kappa shape index (κ3) is 3.14. The van der Waals surface area contributed by atoms with E-state index in [9.17, 15) is 18.0 Å². The van der Waals surface area contributed by atoms with E-state index in [-0.39, 0.29) is 12.3 Å². The molecule has 2 aromatic carbocycles. The molecule has 1 saturated heterocycles. The molecule has 1 fully saturated rings. The summed E-state index contributed by atoms with van der Waals surface area (Å²) in [6.07, 6.45) is -3.76. The molecule has 2 atom stereocenters. The number of halogens is 3. The van der Waals surface area contributed by atoms with Crippen LogP contribution in [-0.2, 0) is 4.74 Å². The summed E-state index contributed by atoms with van der Waals surface area (Å²) in [4.78, 5) is 12.7. The number of hydrogen-bond acceptors (Lipinski definition) is 3. The molecule has 1 aliphatic rings. The molecule has 1 amide bonds. The molecule has 2 aromatic rings. The van der Waals surface area contributed by atoms with Crippen LogP contribution in [0.2, 0.25) is 0 Å². The quantitative estimate of drug-likeness (QED) is 0.764. The summed E-state index contributed by atoms with van der Waals surface area (Å²) in [6, 6.07) is 9.40. The Hall–Kier alpha value is -2.70. The van der Waals surface area contributed by atoms with Gasteiger partial charge >= 0.3 is 6.09 Å². The highest BCUT2D eigenvalue weighted by molar-refractivity contribution is 5.70. The van der Waals surface area contributed by atoms with Crippen LogP contribution in [0.5, 0.6) is 5.75 Å². The van der Waals surface area contributed by atoms with E-state index in [0.29, 0.717) is 5.56 Å². The van der Waals surface area contributed by atoms with E-state index in [0.717, 1.165) is 22.6 Å². The third-order valence-corrected chi connectivity index (χ3v) is 4.12. The number of alkyl halides is 1. The second kappa shape index (κ2) is 6.66. The number of cyclic esters (lactones) is 1. The first-order valence-electron chi connectivity index (χ1n) is 7.62. The van der Waals surface area contributed by atoms with Crippen LogP contribution in [0, 0.1) is 18.6 Å². The summed E-state index contributed by atoms with van der Waals surface area (Å²) >= 11 is 0. The van der Waals surface area contributed by atoms with Gasteiger partial charge in [0, 0.05) is 5.56 Å². The molecular formula is C18H16F3NO3. The smallest absolute Gasteiger partial charge is 0.413 e. The van der Waals surface area contributed by atoms with Crippen LogP contribution in [0.25, 0.3) is 0 Å². The van der Waals surface area contributed by atoms with Crippen molar-refractivity contribution in [2.75, 3.05) is 13.7 Å². The Morgan fingerprint density at radius 3 is 2.48 bits per heavy atom. The molecule has 0 aromatic heterocycles. The van der Waals surface area contributed by atoms with Crippen LogP contribution in [0.4, 0.5) is 18.0 Å². The van der Waals surface area contributed by atoms with Crippen molar-refractivity contribution in [1.29, 1.82) is 0 Å². The van der Waals surface area contributed by atoms with Gasteiger partial charge in [-0.3, -0.25) is 4.90 Å². The largest absolute Gasteiger partial charge is 0.494 e. The summed E-state index contributed by atoms with van der Waals surface area (Å²) in [5.41, 5.74) is 1.15. The zero-order valence-corrected chi connectivity index (χ0v) is 13.6. The van der Waals surface area contributed by atoms with Gasteiger partial charge in [-0.15, -0.1) is 0 Å². The molecule has 4 nitrogen and oxygen atoms in total. The van der Waals surface area contributed by atoms with E-state index >= 15 is 0 Å². The van der Waals surface area contributed by atoms with Gasteiger partial charge in [-0.25, -0.2) is 13.6 Å². The number of amides is 1. The number of nitrogens with zero attached hydrogens (tertiary/aromatic N) is 1. The Bertz CT molecular complexity index is 795. The molecule has 0 radical (unpaired) electrons. The third-order valence-electron chi connectivity index (χ3n) is 4.12. The topological polar surface area (TPSA) is 38.8 Å². The zero-order valence-electron chi connectivity index (χ0n) is 13.6. The maximum absolute atomic E-state index is 14.7. The Kier molecular flexibility index (Phi) is 4.57. The van der Waals surface area contributed by atoms with E-state index < -0.39 is 35.7 Å². The van der Waals surface area contributed by atoms with Gasteiger partial charge < -0.3 is 9.47 Å². The molecule has 132 valence electrons. The zero-order chi connectivity index (χ0) is 18.1. The Labute approximate surface area is 142 Å². The lowest BCUT2D eigenvalue weighted by Crippen LogP contribution is -2.28. The molecule has 3 rings (SSSR count). The van der Waals surface area contributed by atoms with Crippen LogP contribution >= 0.6 is 0 Å². The number of hydrogen-bond donors (Lipinski definition) is 0. The molecule has 0 saturated carbocycles. The van der Waals surface area contributed by atoms with Gasteiger partial charge in [-0.1, -0.05) is 29.8 Å². The first-order valence-corrected chi connectivity index (χ1v) is 7.62. The molecule has 1 heterocycles. The Balaban J connectivity index is 1.83. The first kappa shape index (κ1) is 17.1. The van der Waals surface area contributed by atoms with Crippen LogP contribution in [-0.4, -0.2) is 24.6 Å². The SMILES string of the molecule is COc1ccc(C(F)N2CC(c3ccc(C)cc3)OC2=O)c(F)c1F. The van der Waals surface area contributed by atoms with Crippen molar-refractivity contribution >= 4 is 6.09 Å². The van der Waals surface area contributed by atoms with E-state index in [1.165, 1.54) is 7.11 Å². The lowest BCUT2D eigenvalue weighted by atomic mass is 10.1. The number of methoxy groups -OCH3 is 1. The van der Waals surface area contributed by atoms with Gasteiger partial charge in [-0.05, 0) is 24.6 Å². The molecule has 7 heteroatoms. The monoisotopic (exact) mass is 351 g/mol. The minimum absolute atomic E-state index is 0.101. The molecule has 0 aliphatic carbocycles. The van der Waals surface area contributed by atoms with Gasteiger partial charge in [0.2, 0.25) is 12.1 Å². The fraction of sp³-hybridized carbons (Fsp3) is 0.278. The lowest BCUT2D eigenvalue weighted by molar-refractivity contribution is 0.0994. The molecule has 2 unspecified atom stereocenters. The van der Waals surface area contributed by atoms with E-state index in [1.807, 2.05) is 19.1 Å². The van der Waals surface area contributed by atoms with Crippen molar-refractivity contribution in [1.82, 2.24) is 4.90 Å². The van der Waals surface area contributed by atoms with Crippen molar-refractivity contribution < 1.29 is 27.4 Å². The van der Waals surface area contributed by atoms with E-state index in [4.69, 9.17) is 4.74 Å². The number of carbonyl (C=O) groups is 1. The summed E-state index contributed by atoms with van der Waals surface area (Å²) in [6.45, 7) is 1.81. The minimum Gasteiger partial charge on any atom is -0.494 e. The fourth-order valence-electron chi connectivity index (χ4n) is 2.68. The summed E-state index contributed by atoms with van der Waals surface area (Å²) in [7, 11) is 1.18. The summed E-state index contributed by atoms with van der Waals surface area (Å²) < 4.78 is 52.4. The van der Waals surface area contributed by atoms with Gasteiger partial charge in [0.15, 0.2) is 11.6 Å². The van der Waals surface area contributed by atoms with Crippen molar-refractivity contribution in [3.8, 4) is 5.75 Å². The molecule has 25 heavy (non-hydrogen) atoms. The van der Waals surface area contributed by atoms with Crippen molar-refractivity contribution in [3.05, 3.63) is 64.7 Å². The maximum Gasteiger partial charge on any atom is 0.413 e. The number of rotatable bonds is 4. The van der Waals surface area contributed by atoms with Crippen LogP contribution < -0.4 is 4.74 Å². The van der Waals surface area contributed by atoms with Crippen LogP contribution in [0.3, 0.4) is 0 Å². The Morgan fingerprint density at radius 2 is 1.84 bits per heavy atom. The number of aryl methyl sites for hydroxylation is 1. The van der Waals surface area contributed by atoms with E-state index in [1.54, 1.807) is 12.1 Å². The average Bonchev–Trinajstić information content (AvgIpc) is 2.99. The summed E-state index contributed by atoms with van der Waals surface area (Å²) in [5.74, 6) is -3.03. The second-order valence-corrected chi connectivity index (χ2v) is 5.76. The van der Waals surface area contributed by atoms with Gasteiger partial charge in [-0.2, -0.15) is 4.39 Å². The predicted molar refractivity (Wildman–Crippen MR) is 83.9 cm³/mol. The Morgan fingerprint density at radius 1 is 1.16 bits per heavy atom.